The summed E-state index contributed by atoms with van der Waals surface area (Å²) in [6, 6.07) is 6.11. The van der Waals surface area contributed by atoms with Crippen molar-refractivity contribution in [2.75, 3.05) is 5.32 Å². The molecule has 96 valence electrons. The van der Waals surface area contributed by atoms with Gasteiger partial charge in [0.2, 0.25) is 5.91 Å². The van der Waals surface area contributed by atoms with Crippen molar-refractivity contribution in [1.29, 1.82) is 0 Å². The van der Waals surface area contributed by atoms with Gasteiger partial charge in [-0.2, -0.15) is 0 Å². The molecule has 1 aromatic rings. The van der Waals surface area contributed by atoms with Crippen LogP contribution in [0.25, 0.3) is 0 Å². The number of carbonyl (C=O) groups is 1. The molecule has 0 aromatic heterocycles. The van der Waals surface area contributed by atoms with Gasteiger partial charge in [0.1, 0.15) is 5.75 Å². The molecule has 0 saturated carbocycles. The Balaban J connectivity index is 1.69. The van der Waals surface area contributed by atoms with Gasteiger partial charge in [-0.15, -0.1) is 0 Å². The molecule has 3 N–H and O–H groups in total. The molecule has 0 aliphatic carbocycles. The van der Waals surface area contributed by atoms with Crippen molar-refractivity contribution in [2.45, 2.75) is 38.3 Å². The van der Waals surface area contributed by atoms with Gasteiger partial charge in [0, 0.05) is 23.8 Å². The molecule has 1 aromatic carbocycles. The zero-order valence-electron chi connectivity index (χ0n) is 10.4. The Morgan fingerprint density at radius 2 is 2.28 bits per heavy atom. The summed E-state index contributed by atoms with van der Waals surface area (Å²) < 4.78 is 0. The van der Waals surface area contributed by atoms with E-state index in [0.29, 0.717) is 17.8 Å². The number of aromatic hydroxyl groups is 1. The van der Waals surface area contributed by atoms with Gasteiger partial charge in [-0.1, -0.05) is 6.07 Å². The number of phenolic OH excluding ortho intramolecular Hbond substituents is 1. The summed E-state index contributed by atoms with van der Waals surface area (Å²) >= 11 is 0. The third kappa shape index (κ3) is 1.97. The summed E-state index contributed by atoms with van der Waals surface area (Å²) in [6.45, 7) is 1.83. The van der Waals surface area contributed by atoms with Crippen LogP contribution in [0.2, 0.25) is 0 Å². The van der Waals surface area contributed by atoms with E-state index in [1.165, 1.54) is 6.42 Å². The molecule has 3 rings (SSSR count). The Morgan fingerprint density at radius 1 is 1.44 bits per heavy atom. The van der Waals surface area contributed by atoms with Crippen LogP contribution in [0.3, 0.4) is 0 Å². The van der Waals surface area contributed by atoms with Crippen molar-refractivity contribution in [3.8, 4) is 5.75 Å². The van der Waals surface area contributed by atoms with Crippen molar-refractivity contribution in [1.82, 2.24) is 5.32 Å². The monoisotopic (exact) mass is 246 g/mol. The number of hydrogen-bond acceptors (Lipinski definition) is 3. The maximum absolute atomic E-state index is 12.2. The summed E-state index contributed by atoms with van der Waals surface area (Å²) in [6.07, 6.45) is 3.23. The van der Waals surface area contributed by atoms with Crippen molar-refractivity contribution < 1.29 is 9.90 Å². The molecule has 4 nitrogen and oxygen atoms in total. The Labute approximate surface area is 106 Å². The Kier molecular flexibility index (Phi) is 2.74. The van der Waals surface area contributed by atoms with E-state index >= 15 is 0 Å². The van der Waals surface area contributed by atoms with Crippen molar-refractivity contribution >= 4 is 11.6 Å². The summed E-state index contributed by atoms with van der Waals surface area (Å²) in [5.74, 6) is 0.365. The number of aryl methyl sites for hydroxylation is 1. The summed E-state index contributed by atoms with van der Waals surface area (Å²) in [4.78, 5) is 12.2. The first kappa shape index (κ1) is 11.5. The predicted molar refractivity (Wildman–Crippen MR) is 69.5 cm³/mol. The Hall–Kier alpha value is -1.55. The lowest BCUT2D eigenvalue weighted by Crippen LogP contribution is -2.32. The van der Waals surface area contributed by atoms with Crippen LogP contribution in [0.15, 0.2) is 18.2 Å². The van der Waals surface area contributed by atoms with E-state index < -0.39 is 0 Å². The molecule has 3 atom stereocenters. The first-order chi connectivity index (χ1) is 8.63. The first-order valence-electron chi connectivity index (χ1n) is 6.50. The van der Waals surface area contributed by atoms with Crippen molar-refractivity contribution in [3.63, 3.8) is 0 Å². The third-order valence-corrected chi connectivity index (χ3v) is 4.11. The largest absolute Gasteiger partial charge is 0.508 e. The van der Waals surface area contributed by atoms with Crippen LogP contribution >= 0.6 is 0 Å². The SMILES string of the molecule is Cc1ccc(NC(=O)C2CC3CCC2N3)cc1O. The lowest BCUT2D eigenvalue weighted by molar-refractivity contribution is -0.120. The number of fused-ring (bicyclic) bond motifs is 2. The fraction of sp³-hybridized carbons (Fsp3) is 0.500. The molecule has 2 saturated heterocycles. The average Bonchev–Trinajstić information content (AvgIpc) is 2.96. The number of anilines is 1. The van der Waals surface area contributed by atoms with E-state index in [1.54, 1.807) is 6.07 Å². The summed E-state index contributed by atoms with van der Waals surface area (Å²) in [5, 5.41) is 16.0. The number of benzene rings is 1. The highest BCUT2D eigenvalue weighted by Gasteiger charge is 2.42. The second kappa shape index (κ2) is 4.28. The van der Waals surface area contributed by atoms with Gasteiger partial charge in [-0.05, 0) is 37.8 Å². The highest BCUT2D eigenvalue weighted by atomic mass is 16.3. The number of nitrogens with one attached hydrogen (secondary N) is 2. The van der Waals surface area contributed by atoms with E-state index in [1.807, 2.05) is 19.1 Å². The van der Waals surface area contributed by atoms with Crippen molar-refractivity contribution in [2.24, 2.45) is 5.92 Å². The van der Waals surface area contributed by atoms with Crippen LogP contribution in [-0.4, -0.2) is 23.1 Å². The topological polar surface area (TPSA) is 61.4 Å². The van der Waals surface area contributed by atoms with Gasteiger partial charge in [-0.3, -0.25) is 4.79 Å². The van der Waals surface area contributed by atoms with Crippen molar-refractivity contribution in [3.05, 3.63) is 23.8 Å². The van der Waals surface area contributed by atoms with E-state index in [0.717, 1.165) is 18.4 Å². The fourth-order valence-electron chi connectivity index (χ4n) is 3.04. The Morgan fingerprint density at radius 3 is 2.89 bits per heavy atom. The van der Waals surface area contributed by atoms with Gasteiger partial charge in [0.15, 0.2) is 0 Å². The molecule has 2 bridgehead atoms. The minimum absolute atomic E-state index is 0.0675. The molecule has 1 amide bonds. The standard InChI is InChI=1S/C14H18N2O2/c1-8-2-3-10(7-13(8)17)16-14(18)11-6-9-4-5-12(11)15-9/h2-3,7,9,11-12,15,17H,4-6H2,1H3,(H,16,18). The number of phenols is 1. The van der Waals surface area contributed by atoms with Gasteiger partial charge < -0.3 is 15.7 Å². The number of carbonyl (C=O) groups excluding carboxylic acids is 1. The van der Waals surface area contributed by atoms with Crippen LogP contribution in [0.1, 0.15) is 24.8 Å². The van der Waals surface area contributed by atoms with Crippen LogP contribution in [0.5, 0.6) is 5.75 Å². The lowest BCUT2D eigenvalue weighted by Gasteiger charge is -2.19. The minimum atomic E-state index is 0.0675. The van der Waals surface area contributed by atoms with E-state index in [2.05, 4.69) is 10.6 Å². The average molecular weight is 246 g/mol. The second-order valence-electron chi connectivity index (χ2n) is 5.38. The molecule has 0 spiro atoms. The first-order valence-corrected chi connectivity index (χ1v) is 6.50. The van der Waals surface area contributed by atoms with Crippen LogP contribution in [-0.2, 0) is 4.79 Å². The van der Waals surface area contributed by atoms with E-state index in [4.69, 9.17) is 0 Å². The molecule has 2 aliphatic rings. The molecular weight excluding hydrogens is 228 g/mol. The highest BCUT2D eigenvalue weighted by Crippen LogP contribution is 2.34. The number of rotatable bonds is 2. The molecule has 18 heavy (non-hydrogen) atoms. The predicted octanol–water partition coefficient (Wildman–Crippen LogP) is 1.78. The van der Waals surface area contributed by atoms with Gasteiger partial charge in [0.05, 0.1) is 5.92 Å². The summed E-state index contributed by atoms with van der Waals surface area (Å²) in [7, 11) is 0. The quantitative estimate of drug-likeness (QED) is 0.745. The van der Waals surface area contributed by atoms with Crippen LogP contribution < -0.4 is 10.6 Å². The van der Waals surface area contributed by atoms with Gasteiger partial charge in [0.25, 0.3) is 0 Å². The van der Waals surface area contributed by atoms with Crippen LogP contribution in [0.4, 0.5) is 5.69 Å². The highest BCUT2D eigenvalue weighted by molar-refractivity contribution is 5.93. The fourth-order valence-corrected chi connectivity index (χ4v) is 3.04. The molecule has 2 aliphatic heterocycles. The number of hydrogen-bond donors (Lipinski definition) is 3. The molecule has 0 radical (unpaired) electrons. The third-order valence-electron chi connectivity index (χ3n) is 4.11. The maximum Gasteiger partial charge on any atom is 0.229 e. The summed E-state index contributed by atoms with van der Waals surface area (Å²) in [5.41, 5.74) is 1.49. The Bertz CT molecular complexity index is 487. The second-order valence-corrected chi connectivity index (χ2v) is 5.38. The normalized spacial score (nSPS) is 29.5. The lowest BCUT2D eigenvalue weighted by atomic mass is 9.88. The van der Waals surface area contributed by atoms with E-state index in [-0.39, 0.29) is 17.6 Å². The molecule has 4 heteroatoms. The zero-order valence-corrected chi connectivity index (χ0v) is 10.4. The van der Waals surface area contributed by atoms with Gasteiger partial charge in [-0.25, -0.2) is 0 Å². The molecular formula is C14H18N2O2. The maximum atomic E-state index is 12.2. The molecule has 3 unspecified atom stereocenters. The number of amides is 1. The van der Waals surface area contributed by atoms with Gasteiger partial charge >= 0.3 is 0 Å². The zero-order chi connectivity index (χ0) is 12.7. The minimum Gasteiger partial charge on any atom is -0.508 e. The van der Waals surface area contributed by atoms with Crippen LogP contribution in [0, 0.1) is 12.8 Å². The van der Waals surface area contributed by atoms with E-state index in [9.17, 15) is 9.90 Å². The molecule has 2 heterocycles. The smallest absolute Gasteiger partial charge is 0.229 e. The molecule has 2 fully saturated rings.